The van der Waals surface area contributed by atoms with Crippen LogP contribution in [0.2, 0.25) is 0 Å². The molecule has 1 heterocycles. The zero-order chi connectivity index (χ0) is 19.5. The van der Waals surface area contributed by atoms with Gasteiger partial charge in [0.15, 0.2) is 0 Å². The van der Waals surface area contributed by atoms with E-state index in [1.54, 1.807) is 0 Å². The molecule has 2 unspecified atom stereocenters. The van der Waals surface area contributed by atoms with Crippen LogP contribution in [0.5, 0.6) is 0 Å². The maximum Gasteiger partial charge on any atom is 0.226 e. The van der Waals surface area contributed by atoms with E-state index in [0.29, 0.717) is 6.54 Å². The predicted molar refractivity (Wildman–Crippen MR) is 114 cm³/mol. The molecule has 28 heavy (non-hydrogen) atoms. The number of nitrogens with one attached hydrogen (secondary N) is 1. The van der Waals surface area contributed by atoms with Crippen molar-refractivity contribution in [3.63, 3.8) is 0 Å². The van der Waals surface area contributed by atoms with E-state index in [9.17, 15) is 4.79 Å². The van der Waals surface area contributed by atoms with Crippen LogP contribution in [0.1, 0.15) is 55.5 Å². The van der Waals surface area contributed by atoms with E-state index >= 15 is 0 Å². The number of rotatable bonds is 4. The molecule has 5 heteroatoms. The van der Waals surface area contributed by atoms with Gasteiger partial charge in [-0.2, -0.15) is 5.10 Å². The summed E-state index contributed by atoms with van der Waals surface area (Å²) in [5, 5.41) is 8.03. The molecule has 148 valence electrons. The number of nitrogens with zero attached hydrogens (tertiary/aromatic N) is 2. The molecule has 2 atom stereocenters. The van der Waals surface area contributed by atoms with Gasteiger partial charge in [0.2, 0.25) is 5.91 Å². The lowest BCUT2D eigenvalue weighted by Crippen LogP contribution is -2.58. The van der Waals surface area contributed by atoms with E-state index in [1.165, 1.54) is 19.3 Å². The van der Waals surface area contributed by atoms with Crippen LogP contribution in [0.4, 0.5) is 0 Å². The molecule has 2 aromatic rings. The Kier molecular flexibility index (Phi) is 4.24. The molecule has 0 spiro atoms. The Hall–Kier alpha value is -1.62. The van der Waals surface area contributed by atoms with Gasteiger partial charge in [0.05, 0.1) is 16.8 Å². The van der Waals surface area contributed by atoms with Crippen molar-refractivity contribution < 1.29 is 4.79 Å². The Balaban J connectivity index is 1.35. The molecule has 1 amide bonds. The number of halogens is 1. The van der Waals surface area contributed by atoms with Crippen molar-refractivity contribution in [2.75, 3.05) is 0 Å². The summed E-state index contributed by atoms with van der Waals surface area (Å²) in [6.07, 6.45) is 6.97. The molecule has 4 aliphatic rings. The summed E-state index contributed by atoms with van der Waals surface area (Å²) >= 11 is 4.02. The van der Waals surface area contributed by atoms with E-state index < -0.39 is 0 Å². The van der Waals surface area contributed by atoms with Crippen molar-refractivity contribution in [1.82, 2.24) is 15.1 Å². The number of hydrogen-bond donors (Lipinski definition) is 1. The third-order valence-corrected chi connectivity index (χ3v) is 8.27. The van der Waals surface area contributed by atoms with Gasteiger partial charge in [0.25, 0.3) is 0 Å². The summed E-state index contributed by atoms with van der Waals surface area (Å²) in [6.45, 7) is 4.69. The number of hydrogen-bond acceptors (Lipinski definition) is 2. The van der Waals surface area contributed by atoms with E-state index in [1.807, 2.05) is 29.8 Å². The Labute approximate surface area is 175 Å². The van der Waals surface area contributed by atoms with Crippen LogP contribution in [0.25, 0.3) is 5.69 Å². The normalized spacial score (nSPS) is 33.2. The molecule has 4 saturated carbocycles. The average Bonchev–Trinajstić information content (AvgIpc) is 2.92. The number of benzene rings is 1. The molecule has 4 fully saturated rings. The molecule has 1 aromatic carbocycles. The van der Waals surface area contributed by atoms with Crippen LogP contribution in [-0.2, 0) is 11.3 Å². The number of carbonyl (C=O) groups is 1. The van der Waals surface area contributed by atoms with Crippen molar-refractivity contribution in [3.05, 3.63) is 47.3 Å². The largest absolute Gasteiger partial charge is 0.351 e. The molecule has 1 aromatic heterocycles. The van der Waals surface area contributed by atoms with Gasteiger partial charge in [-0.15, -0.1) is 0 Å². The first-order valence-electron chi connectivity index (χ1n) is 10.5. The highest BCUT2D eigenvalue weighted by Gasteiger charge is 2.59. The highest BCUT2D eigenvalue weighted by atomic mass is 79.9. The van der Waals surface area contributed by atoms with Crippen molar-refractivity contribution in [3.8, 4) is 5.69 Å². The maximum atomic E-state index is 13.4. The number of para-hydroxylation sites is 1. The molecule has 1 N–H and O–H groups in total. The summed E-state index contributed by atoms with van der Waals surface area (Å²) < 4.78 is 2.19. The molecular formula is C23H28BrN3O. The second-order valence-corrected chi connectivity index (χ2v) is 11.2. The second kappa shape index (κ2) is 6.45. The fourth-order valence-electron chi connectivity index (χ4n) is 6.52. The standard InChI is InChI=1S/C23H28BrN3O/c1-15-20(16(2)27(26-15)19-6-4-3-5-7-19)13-25-21(28)22-9-17-8-18(10-22)12-23(24,11-17)14-22/h3-7,17-18H,8-14H2,1-2H3,(H,25,28). The van der Waals surface area contributed by atoms with Gasteiger partial charge in [-0.3, -0.25) is 4.79 Å². The number of aryl methyl sites for hydroxylation is 1. The first-order chi connectivity index (χ1) is 13.4. The summed E-state index contributed by atoms with van der Waals surface area (Å²) in [5.74, 6) is 1.70. The highest BCUT2D eigenvalue weighted by molar-refractivity contribution is 9.10. The zero-order valence-corrected chi connectivity index (χ0v) is 18.3. The Bertz CT molecular complexity index is 905. The lowest BCUT2D eigenvalue weighted by molar-refractivity contribution is -0.144. The fraction of sp³-hybridized carbons (Fsp3) is 0.565. The molecule has 4 nitrogen and oxygen atoms in total. The summed E-state index contributed by atoms with van der Waals surface area (Å²) in [7, 11) is 0. The monoisotopic (exact) mass is 441 g/mol. The topological polar surface area (TPSA) is 46.9 Å². The molecular weight excluding hydrogens is 414 g/mol. The van der Waals surface area contributed by atoms with Crippen molar-refractivity contribution >= 4 is 21.8 Å². The highest BCUT2D eigenvalue weighted by Crippen LogP contribution is 2.64. The number of aromatic nitrogens is 2. The minimum Gasteiger partial charge on any atom is -0.351 e. The van der Waals surface area contributed by atoms with Crippen LogP contribution in [0, 0.1) is 31.1 Å². The van der Waals surface area contributed by atoms with E-state index in [4.69, 9.17) is 5.10 Å². The molecule has 4 aliphatic carbocycles. The first kappa shape index (κ1) is 18.4. The summed E-state index contributed by atoms with van der Waals surface area (Å²) in [6, 6.07) is 10.2. The van der Waals surface area contributed by atoms with Crippen molar-refractivity contribution in [2.24, 2.45) is 17.3 Å². The minimum atomic E-state index is -0.162. The lowest BCUT2D eigenvalue weighted by atomic mass is 9.49. The summed E-state index contributed by atoms with van der Waals surface area (Å²) in [5.41, 5.74) is 4.12. The van der Waals surface area contributed by atoms with Gasteiger partial charge in [0.1, 0.15) is 0 Å². The Morgan fingerprint density at radius 3 is 2.50 bits per heavy atom. The van der Waals surface area contributed by atoms with Gasteiger partial charge < -0.3 is 5.32 Å². The lowest BCUT2D eigenvalue weighted by Gasteiger charge is -2.59. The van der Waals surface area contributed by atoms with E-state index in [-0.39, 0.29) is 15.6 Å². The quantitative estimate of drug-likeness (QED) is 0.689. The number of amides is 1. The van der Waals surface area contributed by atoms with Gasteiger partial charge in [0, 0.05) is 22.1 Å². The van der Waals surface area contributed by atoms with Gasteiger partial charge in [-0.25, -0.2) is 4.68 Å². The minimum absolute atomic E-state index is 0.162. The number of carbonyl (C=O) groups excluding carboxylic acids is 1. The molecule has 4 bridgehead atoms. The van der Waals surface area contributed by atoms with Gasteiger partial charge in [-0.1, -0.05) is 34.1 Å². The van der Waals surface area contributed by atoms with Gasteiger partial charge in [-0.05, 0) is 76.3 Å². The Morgan fingerprint density at radius 1 is 1.18 bits per heavy atom. The SMILES string of the molecule is Cc1nn(-c2ccccc2)c(C)c1CNC(=O)C12CC3CC(CC(Br)(C3)C1)C2. The van der Waals surface area contributed by atoms with E-state index in [2.05, 4.69) is 40.3 Å². The van der Waals surface area contributed by atoms with Crippen LogP contribution in [0.15, 0.2) is 30.3 Å². The molecule has 0 saturated heterocycles. The van der Waals surface area contributed by atoms with Crippen LogP contribution in [-0.4, -0.2) is 20.0 Å². The predicted octanol–water partition coefficient (Wildman–Crippen LogP) is 4.84. The average molecular weight is 442 g/mol. The Morgan fingerprint density at radius 2 is 1.86 bits per heavy atom. The molecule has 6 rings (SSSR count). The van der Waals surface area contributed by atoms with Crippen LogP contribution in [0.3, 0.4) is 0 Å². The third-order valence-electron chi connectivity index (χ3n) is 7.34. The van der Waals surface area contributed by atoms with Gasteiger partial charge >= 0.3 is 0 Å². The van der Waals surface area contributed by atoms with E-state index in [0.717, 1.165) is 53.7 Å². The second-order valence-electron chi connectivity index (χ2n) is 9.47. The third kappa shape index (κ3) is 2.94. The van der Waals surface area contributed by atoms with Crippen LogP contribution < -0.4 is 5.32 Å². The number of alkyl halides is 1. The van der Waals surface area contributed by atoms with Crippen molar-refractivity contribution in [1.29, 1.82) is 0 Å². The molecule has 0 aliphatic heterocycles. The maximum absolute atomic E-state index is 13.4. The summed E-state index contributed by atoms with van der Waals surface area (Å²) in [4.78, 5) is 13.4. The smallest absolute Gasteiger partial charge is 0.226 e. The van der Waals surface area contributed by atoms with Crippen molar-refractivity contribution in [2.45, 2.75) is 63.2 Å². The first-order valence-corrected chi connectivity index (χ1v) is 11.2. The fourth-order valence-corrected chi connectivity index (χ4v) is 7.98. The van der Waals surface area contributed by atoms with Crippen LogP contribution >= 0.6 is 15.9 Å². The molecule has 0 radical (unpaired) electrons. The zero-order valence-electron chi connectivity index (χ0n) is 16.7.